The van der Waals surface area contributed by atoms with Crippen LogP contribution in [0.1, 0.15) is 12.0 Å². The summed E-state index contributed by atoms with van der Waals surface area (Å²) in [4.78, 5) is 14.9. The van der Waals surface area contributed by atoms with E-state index in [1.54, 1.807) is 18.5 Å². The standard InChI is InChI=1S/C14H12Cl2N2O/c15-12-3-1-2-11(14(12)16)10-6-9(7-18-8-10)4-5-13(17)19/h1-3,6-8H,4-5H2,(H2,17,19). The van der Waals surface area contributed by atoms with Gasteiger partial charge in [-0.3, -0.25) is 9.78 Å². The second kappa shape index (κ2) is 6.04. The van der Waals surface area contributed by atoms with Gasteiger partial charge in [0.25, 0.3) is 0 Å². The summed E-state index contributed by atoms with van der Waals surface area (Å²) >= 11 is 12.2. The zero-order valence-corrected chi connectivity index (χ0v) is 11.6. The highest BCUT2D eigenvalue weighted by atomic mass is 35.5. The predicted molar refractivity (Wildman–Crippen MR) is 77.2 cm³/mol. The van der Waals surface area contributed by atoms with Crippen LogP contribution >= 0.6 is 23.2 Å². The van der Waals surface area contributed by atoms with Gasteiger partial charge in [-0.25, -0.2) is 0 Å². The summed E-state index contributed by atoms with van der Waals surface area (Å²) < 4.78 is 0. The molecule has 1 aromatic carbocycles. The van der Waals surface area contributed by atoms with Crippen molar-refractivity contribution in [3.05, 3.63) is 52.3 Å². The summed E-state index contributed by atoms with van der Waals surface area (Å²) in [6.07, 6.45) is 4.29. The van der Waals surface area contributed by atoms with Crippen LogP contribution in [0.2, 0.25) is 10.0 Å². The molecule has 1 amide bonds. The summed E-state index contributed by atoms with van der Waals surface area (Å²) in [7, 11) is 0. The minimum absolute atomic E-state index is 0.300. The molecule has 2 rings (SSSR count). The van der Waals surface area contributed by atoms with Crippen LogP contribution in [0.3, 0.4) is 0 Å². The van der Waals surface area contributed by atoms with Crippen molar-refractivity contribution in [3.8, 4) is 11.1 Å². The summed E-state index contributed by atoms with van der Waals surface area (Å²) in [5.74, 6) is -0.328. The lowest BCUT2D eigenvalue weighted by Gasteiger charge is -2.07. The first-order valence-corrected chi connectivity index (χ1v) is 6.50. The van der Waals surface area contributed by atoms with E-state index in [-0.39, 0.29) is 5.91 Å². The predicted octanol–water partition coefficient (Wildman–Crippen LogP) is 3.47. The van der Waals surface area contributed by atoms with E-state index in [9.17, 15) is 4.79 Å². The molecule has 0 saturated heterocycles. The molecule has 0 unspecified atom stereocenters. The zero-order chi connectivity index (χ0) is 13.8. The molecule has 0 aliphatic rings. The van der Waals surface area contributed by atoms with Crippen LogP contribution in [0.4, 0.5) is 0 Å². The second-order valence-electron chi connectivity index (χ2n) is 4.15. The first kappa shape index (κ1) is 13.8. The number of aromatic nitrogens is 1. The first-order valence-electron chi connectivity index (χ1n) is 5.74. The van der Waals surface area contributed by atoms with Crippen molar-refractivity contribution in [2.24, 2.45) is 5.73 Å². The molecule has 5 heteroatoms. The maximum atomic E-state index is 10.8. The molecule has 0 aliphatic carbocycles. The van der Waals surface area contributed by atoms with Gasteiger partial charge in [-0.15, -0.1) is 0 Å². The lowest BCUT2D eigenvalue weighted by Crippen LogP contribution is -2.11. The minimum atomic E-state index is -0.328. The normalized spacial score (nSPS) is 10.4. The highest BCUT2D eigenvalue weighted by Gasteiger charge is 2.08. The monoisotopic (exact) mass is 294 g/mol. The van der Waals surface area contributed by atoms with Crippen molar-refractivity contribution < 1.29 is 4.79 Å². The van der Waals surface area contributed by atoms with Gasteiger partial charge in [0.15, 0.2) is 0 Å². The summed E-state index contributed by atoms with van der Waals surface area (Å²) in [6, 6.07) is 7.38. The Kier molecular flexibility index (Phi) is 4.40. The van der Waals surface area contributed by atoms with Gasteiger partial charge in [-0.2, -0.15) is 0 Å². The Morgan fingerprint density at radius 1 is 1.26 bits per heavy atom. The quantitative estimate of drug-likeness (QED) is 0.939. The second-order valence-corrected chi connectivity index (χ2v) is 4.93. The molecule has 1 aromatic heterocycles. The van der Waals surface area contributed by atoms with Crippen molar-refractivity contribution >= 4 is 29.1 Å². The maximum absolute atomic E-state index is 10.8. The molecule has 19 heavy (non-hydrogen) atoms. The van der Waals surface area contributed by atoms with E-state index in [4.69, 9.17) is 28.9 Å². The average molecular weight is 295 g/mol. The fraction of sp³-hybridized carbons (Fsp3) is 0.143. The van der Waals surface area contributed by atoms with Gasteiger partial charge in [0.1, 0.15) is 0 Å². The van der Waals surface area contributed by atoms with Gasteiger partial charge in [0, 0.05) is 29.9 Å². The average Bonchev–Trinajstić information content (AvgIpc) is 2.40. The van der Waals surface area contributed by atoms with Crippen LogP contribution in [0.15, 0.2) is 36.7 Å². The third kappa shape index (κ3) is 3.46. The zero-order valence-electron chi connectivity index (χ0n) is 10.1. The highest BCUT2D eigenvalue weighted by Crippen LogP contribution is 2.33. The number of hydrogen-bond donors (Lipinski definition) is 1. The molecule has 0 fully saturated rings. The molecule has 1 heterocycles. The van der Waals surface area contributed by atoms with Crippen LogP contribution in [0.25, 0.3) is 11.1 Å². The Hall–Kier alpha value is -1.58. The van der Waals surface area contributed by atoms with Gasteiger partial charge in [-0.1, -0.05) is 35.3 Å². The number of halogens is 2. The minimum Gasteiger partial charge on any atom is -0.370 e. The van der Waals surface area contributed by atoms with E-state index in [2.05, 4.69) is 4.98 Å². The van der Waals surface area contributed by atoms with E-state index in [0.717, 1.165) is 16.7 Å². The Bertz CT molecular complexity index is 614. The van der Waals surface area contributed by atoms with Crippen molar-refractivity contribution in [3.63, 3.8) is 0 Å². The van der Waals surface area contributed by atoms with Crippen molar-refractivity contribution in [1.82, 2.24) is 4.98 Å². The van der Waals surface area contributed by atoms with Gasteiger partial charge in [0.05, 0.1) is 10.0 Å². The summed E-state index contributed by atoms with van der Waals surface area (Å²) in [5, 5.41) is 1.000. The lowest BCUT2D eigenvalue weighted by atomic mass is 10.0. The van der Waals surface area contributed by atoms with Gasteiger partial charge in [-0.05, 0) is 24.1 Å². The van der Waals surface area contributed by atoms with E-state index in [0.29, 0.717) is 22.9 Å². The molecule has 0 saturated carbocycles. The largest absolute Gasteiger partial charge is 0.370 e. The number of primary amides is 1. The Labute approximate surface area is 121 Å². The van der Waals surface area contributed by atoms with Crippen LogP contribution in [0, 0.1) is 0 Å². The number of rotatable bonds is 4. The molecular weight excluding hydrogens is 283 g/mol. The SMILES string of the molecule is NC(=O)CCc1cncc(-c2cccc(Cl)c2Cl)c1. The third-order valence-electron chi connectivity index (χ3n) is 2.72. The number of amides is 1. The first-order chi connectivity index (χ1) is 9.08. The van der Waals surface area contributed by atoms with Gasteiger partial charge < -0.3 is 5.73 Å². The smallest absolute Gasteiger partial charge is 0.217 e. The molecule has 2 N–H and O–H groups in total. The fourth-order valence-electron chi connectivity index (χ4n) is 1.77. The number of carbonyl (C=O) groups is 1. The Balaban J connectivity index is 2.32. The molecule has 0 bridgehead atoms. The number of nitrogens with zero attached hydrogens (tertiary/aromatic N) is 1. The molecule has 0 spiro atoms. The molecule has 2 aromatic rings. The van der Waals surface area contributed by atoms with Crippen molar-refractivity contribution in [2.45, 2.75) is 12.8 Å². The van der Waals surface area contributed by atoms with E-state index < -0.39 is 0 Å². The Morgan fingerprint density at radius 3 is 2.79 bits per heavy atom. The van der Waals surface area contributed by atoms with E-state index in [1.165, 1.54) is 0 Å². The van der Waals surface area contributed by atoms with Crippen molar-refractivity contribution in [2.75, 3.05) is 0 Å². The number of pyridine rings is 1. The molecule has 3 nitrogen and oxygen atoms in total. The number of hydrogen-bond acceptors (Lipinski definition) is 2. The molecule has 0 aliphatic heterocycles. The van der Waals surface area contributed by atoms with Crippen molar-refractivity contribution in [1.29, 1.82) is 0 Å². The number of carbonyl (C=O) groups excluding carboxylic acids is 1. The third-order valence-corrected chi connectivity index (χ3v) is 3.54. The Morgan fingerprint density at radius 2 is 2.05 bits per heavy atom. The maximum Gasteiger partial charge on any atom is 0.217 e. The number of nitrogens with two attached hydrogens (primary N) is 1. The topological polar surface area (TPSA) is 56.0 Å². The van der Waals surface area contributed by atoms with Gasteiger partial charge in [0.2, 0.25) is 5.91 Å². The van der Waals surface area contributed by atoms with E-state index >= 15 is 0 Å². The van der Waals surface area contributed by atoms with Crippen LogP contribution < -0.4 is 5.73 Å². The molecule has 0 radical (unpaired) electrons. The highest BCUT2D eigenvalue weighted by molar-refractivity contribution is 6.43. The van der Waals surface area contributed by atoms with Crippen LogP contribution in [0.5, 0.6) is 0 Å². The summed E-state index contributed by atoms with van der Waals surface area (Å²) in [6.45, 7) is 0. The number of benzene rings is 1. The van der Waals surface area contributed by atoms with E-state index in [1.807, 2.05) is 18.2 Å². The molecule has 0 atom stereocenters. The number of aryl methyl sites for hydroxylation is 1. The lowest BCUT2D eigenvalue weighted by molar-refractivity contribution is -0.117. The van der Waals surface area contributed by atoms with Crippen LogP contribution in [-0.2, 0) is 11.2 Å². The van der Waals surface area contributed by atoms with Gasteiger partial charge >= 0.3 is 0 Å². The molecule has 98 valence electrons. The fourth-order valence-corrected chi connectivity index (χ4v) is 2.18. The molecular formula is C14H12Cl2N2O. The summed E-state index contributed by atoms with van der Waals surface area (Å²) in [5.41, 5.74) is 7.76. The van der Waals surface area contributed by atoms with Crippen LogP contribution in [-0.4, -0.2) is 10.9 Å².